The average molecular weight is 320 g/mol. The van der Waals surface area contributed by atoms with Gasteiger partial charge in [0.05, 0.1) is 6.61 Å². The molecule has 2 aromatic rings. The third-order valence-corrected chi connectivity index (χ3v) is 3.06. The van der Waals surface area contributed by atoms with Crippen LogP contribution in [0.15, 0.2) is 30.5 Å². The van der Waals surface area contributed by atoms with Gasteiger partial charge in [-0.05, 0) is 11.6 Å². The Balaban J connectivity index is 0.00000180. The summed E-state index contributed by atoms with van der Waals surface area (Å²) >= 11 is 0. The maximum absolute atomic E-state index is 8.64. The van der Waals surface area contributed by atoms with Crippen LogP contribution < -0.4 is 10.6 Å². The Labute approximate surface area is 132 Å². The summed E-state index contributed by atoms with van der Waals surface area (Å²) in [5.74, 6) is 0. The van der Waals surface area contributed by atoms with E-state index in [0.29, 0.717) is 6.54 Å². The first kappa shape index (κ1) is 19.2. The van der Waals surface area contributed by atoms with Crippen molar-refractivity contribution in [2.75, 3.05) is 26.2 Å². The molecule has 0 aliphatic heterocycles. The summed E-state index contributed by atoms with van der Waals surface area (Å²) in [5, 5.41) is 16.5. The lowest BCUT2D eigenvalue weighted by Gasteiger charge is -2.04. The maximum atomic E-state index is 8.64. The van der Waals surface area contributed by atoms with E-state index in [1.54, 1.807) is 0 Å². The third kappa shape index (κ3) is 4.96. The van der Waals surface area contributed by atoms with Crippen molar-refractivity contribution in [3.63, 3.8) is 0 Å². The van der Waals surface area contributed by atoms with Gasteiger partial charge in [0.15, 0.2) is 0 Å². The van der Waals surface area contributed by atoms with Crippen LogP contribution in [-0.2, 0) is 13.6 Å². The van der Waals surface area contributed by atoms with Gasteiger partial charge in [0.2, 0.25) is 0 Å². The number of halogens is 2. The molecule has 0 fully saturated rings. The molecule has 0 amide bonds. The number of aliphatic hydroxyl groups is 1. The first-order chi connectivity index (χ1) is 8.83. The number of aromatic nitrogens is 1. The van der Waals surface area contributed by atoms with Gasteiger partial charge in [0, 0.05) is 50.3 Å². The number of hydrogen-bond acceptors (Lipinski definition) is 3. The molecule has 0 atom stereocenters. The van der Waals surface area contributed by atoms with Crippen molar-refractivity contribution in [3.8, 4) is 0 Å². The molecule has 0 saturated heterocycles. The molecule has 3 N–H and O–H groups in total. The Bertz CT molecular complexity index is 502. The lowest BCUT2D eigenvalue weighted by atomic mass is 10.2. The molecule has 6 heteroatoms. The number of benzene rings is 1. The largest absolute Gasteiger partial charge is 0.395 e. The van der Waals surface area contributed by atoms with E-state index in [1.807, 2.05) is 0 Å². The van der Waals surface area contributed by atoms with Crippen molar-refractivity contribution in [2.24, 2.45) is 7.05 Å². The molecule has 0 bridgehead atoms. The number of rotatable bonds is 7. The standard InChI is InChI=1S/C14H21N3O.2ClH/c1-17-11-12(10-16-7-6-15-8-9-18)13-4-2-3-5-14(13)17;;/h2-5,11,15-16,18H,6-10H2,1H3;2*1H. The highest BCUT2D eigenvalue weighted by Crippen LogP contribution is 2.19. The summed E-state index contributed by atoms with van der Waals surface area (Å²) in [4.78, 5) is 0. The van der Waals surface area contributed by atoms with Crippen LogP contribution in [-0.4, -0.2) is 35.9 Å². The van der Waals surface area contributed by atoms with Crippen molar-refractivity contribution >= 4 is 35.7 Å². The number of nitrogens with one attached hydrogen (secondary N) is 2. The van der Waals surface area contributed by atoms with Crippen LogP contribution in [0.5, 0.6) is 0 Å². The van der Waals surface area contributed by atoms with Crippen LogP contribution in [0, 0.1) is 0 Å². The highest BCUT2D eigenvalue weighted by molar-refractivity contribution is 5.85. The monoisotopic (exact) mass is 319 g/mol. The minimum absolute atomic E-state index is 0. The highest BCUT2D eigenvalue weighted by atomic mass is 35.5. The van der Waals surface area contributed by atoms with Crippen LogP contribution in [0.4, 0.5) is 0 Å². The van der Waals surface area contributed by atoms with Crippen LogP contribution >= 0.6 is 24.8 Å². The predicted molar refractivity (Wildman–Crippen MR) is 89.1 cm³/mol. The van der Waals surface area contributed by atoms with Gasteiger partial charge in [-0.15, -0.1) is 24.8 Å². The normalized spacial score (nSPS) is 10.1. The smallest absolute Gasteiger partial charge is 0.0555 e. The fourth-order valence-corrected chi connectivity index (χ4v) is 2.17. The van der Waals surface area contributed by atoms with Gasteiger partial charge in [-0.3, -0.25) is 0 Å². The van der Waals surface area contributed by atoms with Crippen molar-refractivity contribution in [3.05, 3.63) is 36.0 Å². The number of fused-ring (bicyclic) bond motifs is 1. The first-order valence-electron chi connectivity index (χ1n) is 6.38. The van der Waals surface area contributed by atoms with E-state index in [2.05, 4.69) is 52.7 Å². The van der Waals surface area contributed by atoms with E-state index in [1.165, 1.54) is 16.5 Å². The summed E-state index contributed by atoms with van der Waals surface area (Å²) in [6.07, 6.45) is 2.18. The topological polar surface area (TPSA) is 49.2 Å². The minimum Gasteiger partial charge on any atom is -0.395 e. The minimum atomic E-state index is 0. The van der Waals surface area contributed by atoms with Crippen molar-refractivity contribution in [1.29, 1.82) is 0 Å². The summed E-state index contributed by atoms with van der Waals surface area (Å²) in [7, 11) is 2.08. The number of aliphatic hydroxyl groups excluding tert-OH is 1. The van der Waals surface area contributed by atoms with E-state index in [-0.39, 0.29) is 31.4 Å². The molecular weight excluding hydrogens is 297 g/mol. The molecule has 0 radical (unpaired) electrons. The summed E-state index contributed by atoms with van der Waals surface area (Å²) in [6, 6.07) is 8.45. The Morgan fingerprint density at radius 1 is 1.05 bits per heavy atom. The number of para-hydroxylation sites is 1. The second kappa shape index (κ2) is 10.0. The van der Waals surface area contributed by atoms with Crippen LogP contribution in [0.2, 0.25) is 0 Å². The van der Waals surface area contributed by atoms with E-state index in [0.717, 1.165) is 19.6 Å². The SMILES string of the molecule is Cl.Cl.Cn1cc(CNCCNCCO)c2ccccc21. The molecule has 1 aromatic heterocycles. The maximum Gasteiger partial charge on any atom is 0.0555 e. The van der Waals surface area contributed by atoms with E-state index >= 15 is 0 Å². The quantitative estimate of drug-likeness (QED) is 0.681. The fraction of sp³-hybridized carbons (Fsp3) is 0.429. The molecule has 0 aliphatic carbocycles. The Morgan fingerprint density at radius 2 is 1.75 bits per heavy atom. The highest BCUT2D eigenvalue weighted by Gasteiger charge is 2.04. The second-order valence-electron chi connectivity index (χ2n) is 4.43. The Kier molecular flexibility index (Phi) is 9.63. The Morgan fingerprint density at radius 3 is 2.50 bits per heavy atom. The summed E-state index contributed by atoms with van der Waals surface area (Å²) < 4.78 is 2.16. The number of hydrogen-bond donors (Lipinski definition) is 3. The van der Waals surface area contributed by atoms with Crippen LogP contribution in [0.3, 0.4) is 0 Å². The second-order valence-corrected chi connectivity index (χ2v) is 4.43. The fourth-order valence-electron chi connectivity index (χ4n) is 2.17. The summed E-state index contributed by atoms with van der Waals surface area (Å²) in [5.41, 5.74) is 2.60. The van der Waals surface area contributed by atoms with E-state index < -0.39 is 0 Å². The molecular formula is C14H23Cl2N3O. The molecule has 1 aromatic carbocycles. The molecule has 0 aliphatic rings. The lowest BCUT2D eigenvalue weighted by Crippen LogP contribution is -2.28. The van der Waals surface area contributed by atoms with Gasteiger partial charge in [0.1, 0.15) is 0 Å². The van der Waals surface area contributed by atoms with Crippen LogP contribution in [0.1, 0.15) is 5.56 Å². The Hall–Kier alpha value is -0.780. The third-order valence-electron chi connectivity index (χ3n) is 3.06. The van der Waals surface area contributed by atoms with Gasteiger partial charge in [-0.1, -0.05) is 18.2 Å². The zero-order valence-electron chi connectivity index (χ0n) is 11.6. The van der Waals surface area contributed by atoms with Crippen molar-refractivity contribution in [2.45, 2.75) is 6.54 Å². The first-order valence-corrected chi connectivity index (χ1v) is 6.38. The molecule has 4 nitrogen and oxygen atoms in total. The van der Waals surface area contributed by atoms with Gasteiger partial charge in [-0.2, -0.15) is 0 Å². The summed E-state index contributed by atoms with van der Waals surface area (Å²) in [6.45, 7) is 3.52. The van der Waals surface area contributed by atoms with Crippen molar-refractivity contribution in [1.82, 2.24) is 15.2 Å². The van der Waals surface area contributed by atoms with Gasteiger partial charge in [0.25, 0.3) is 0 Å². The molecule has 0 spiro atoms. The van der Waals surface area contributed by atoms with E-state index in [4.69, 9.17) is 5.11 Å². The van der Waals surface area contributed by atoms with Crippen LogP contribution in [0.25, 0.3) is 10.9 Å². The molecule has 0 unspecified atom stereocenters. The molecule has 2 rings (SSSR count). The van der Waals surface area contributed by atoms with Gasteiger partial charge >= 0.3 is 0 Å². The number of aryl methyl sites for hydroxylation is 1. The predicted octanol–water partition coefficient (Wildman–Crippen LogP) is 1.69. The zero-order valence-corrected chi connectivity index (χ0v) is 13.3. The zero-order chi connectivity index (χ0) is 12.8. The number of nitrogens with zero attached hydrogens (tertiary/aromatic N) is 1. The van der Waals surface area contributed by atoms with Gasteiger partial charge < -0.3 is 20.3 Å². The van der Waals surface area contributed by atoms with Gasteiger partial charge in [-0.25, -0.2) is 0 Å². The molecule has 114 valence electrons. The molecule has 0 saturated carbocycles. The lowest BCUT2D eigenvalue weighted by molar-refractivity contribution is 0.292. The average Bonchev–Trinajstić information content (AvgIpc) is 2.71. The van der Waals surface area contributed by atoms with Crippen molar-refractivity contribution < 1.29 is 5.11 Å². The molecule has 1 heterocycles. The molecule has 20 heavy (non-hydrogen) atoms. The van der Waals surface area contributed by atoms with E-state index in [9.17, 15) is 0 Å².